The molecule has 4 N–H and O–H groups in total. The zero-order valence-electron chi connectivity index (χ0n) is 16.8. The molecule has 0 bridgehead atoms. The smallest absolute Gasteiger partial charge is 0.238 e. The summed E-state index contributed by atoms with van der Waals surface area (Å²) in [5, 5.41) is 11.7. The Morgan fingerprint density at radius 3 is 2.43 bits per heavy atom. The largest absolute Gasteiger partial charge is 0.376 e. The second-order valence-electron chi connectivity index (χ2n) is 7.11. The van der Waals surface area contributed by atoms with Gasteiger partial charge in [-0.25, -0.2) is 13.6 Å². The third kappa shape index (κ3) is 8.58. The number of benzene rings is 1. The maximum absolute atomic E-state index is 11.3. The van der Waals surface area contributed by atoms with E-state index in [0.717, 1.165) is 24.5 Å². The van der Waals surface area contributed by atoms with Crippen molar-refractivity contribution >= 4 is 16.0 Å². The van der Waals surface area contributed by atoms with E-state index in [-0.39, 0.29) is 4.90 Å². The summed E-state index contributed by atoms with van der Waals surface area (Å²) in [7, 11) is -3.64. The number of aliphatic imine (C=N–C) groups is 1. The van der Waals surface area contributed by atoms with E-state index < -0.39 is 10.0 Å². The fraction of sp³-hybridized carbons (Fsp3) is 0.650. The first-order chi connectivity index (χ1) is 13.5. The molecule has 0 spiro atoms. The summed E-state index contributed by atoms with van der Waals surface area (Å²) in [5.74, 6) is 0.771. The van der Waals surface area contributed by atoms with Crippen molar-refractivity contribution in [1.82, 2.24) is 10.6 Å². The van der Waals surface area contributed by atoms with Gasteiger partial charge in [0.05, 0.1) is 24.2 Å². The number of nitrogens with one attached hydrogen (secondary N) is 2. The Labute approximate surface area is 169 Å². The molecule has 158 valence electrons. The van der Waals surface area contributed by atoms with Crippen molar-refractivity contribution < 1.29 is 13.2 Å². The van der Waals surface area contributed by atoms with E-state index >= 15 is 0 Å². The normalized spacial score (nSPS) is 16.6. The second kappa shape index (κ2) is 12.0. The first kappa shape index (κ1) is 22.6. The molecule has 28 heavy (non-hydrogen) atoms. The van der Waals surface area contributed by atoms with Crippen molar-refractivity contribution in [3.63, 3.8) is 0 Å². The quantitative estimate of drug-likeness (QED) is 0.250. The number of primary sulfonamides is 1. The molecule has 7 nitrogen and oxygen atoms in total. The number of hydrogen-bond acceptors (Lipinski definition) is 4. The molecule has 1 aliphatic rings. The lowest BCUT2D eigenvalue weighted by molar-refractivity contribution is 0.0487. The average Bonchev–Trinajstić information content (AvgIpc) is 2.94. The van der Waals surface area contributed by atoms with Gasteiger partial charge in [-0.2, -0.15) is 0 Å². The maximum atomic E-state index is 11.3. The molecule has 1 aromatic rings. The van der Waals surface area contributed by atoms with Crippen LogP contribution >= 0.6 is 0 Å². The molecule has 1 saturated carbocycles. The van der Waals surface area contributed by atoms with Gasteiger partial charge in [0.25, 0.3) is 0 Å². The zero-order valence-corrected chi connectivity index (χ0v) is 17.6. The zero-order chi connectivity index (χ0) is 20.2. The number of hydrogen-bond donors (Lipinski definition) is 3. The van der Waals surface area contributed by atoms with Crippen molar-refractivity contribution in [1.29, 1.82) is 0 Å². The summed E-state index contributed by atoms with van der Waals surface area (Å²) in [6.45, 7) is 4.80. The van der Waals surface area contributed by atoms with Gasteiger partial charge in [-0.05, 0) is 43.9 Å². The highest BCUT2D eigenvalue weighted by atomic mass is 32.2. The fourth-order valence-electron chi connectivity index (χ4n) is 3.30. The van der Waals surface area contributed by atoms with E-state index in [1.54, 1.807) is 12.1 Å². The predicted molar refractivity (Wildman–Crippen MR) is 113 cm³/mol. The van der Waals surface area contributed by atoms with Gasteiger partial charge in [-0.3, -0.25) is 4.99 Å². The number of guanidine groups is 1. The Kier molecular flexibility index (Phi) is 9.73. The SMILES string of the molecule is CCNC(=NCCOC1CCCCCC1)NCCc1ccc(S(N)(=O)=O)cc1. The molecule has 0 radical (unpaired) electrons. The second-order valence-corrected chi connectivity index (χ2v) is 8.67. The first-order valence-electron chi connectivity index (χ1n) is 10.2. The van der Waals surface area contributed by atoms with E-state index in [9.17, 15) is 8.42 Å². The molecule has 2 rings (SSSR count). The Bertz CT molecular complexity index is 697. The Morgan fingerprint density at radius 2 is 1.82 bits per heavy atom. The van der Waals surface area contributed by atoms with E-state index in [1.807, 2.05) is 6.92 Å². The van der Waals surface area contributed by atoms with E-state index in [2.05, 4.69) is 15.6 Å². The Hall–Kier alpha value is -1.64. The van der Waals surface area contributed by atoms with Crippen LogP contribution in [-0.4, -0.2) is 46.7 Å². The minimum absolute atomic E-state index is 0.132. The summed E-state index contributed by atoms with van der Waals surface area (Å²) in [5.41, 5.74) is 1.03. The lowest BCUT2D eigenvalue weighted by atomic mass is 10.1. The van der Waals surface area contributed by atoms with Crippen LogP contribution in [0.4, 0.5) is 0 Å². The summed E-state index contributed by atoms with van der Waals surface area (Å²) >= 11 is 0. The number of nitrogens with zero attached hydrogens (tertiary/aromatic N) is 1. The Balaban J connectivity index is 1.73. The summed E-state index contributed by atoms with van der Waals surface area (Å²) < 4.78 is 28.6. The Morgan fingerprint density at radius 1 is 1.14 bits per heavy atom. The maximum Gasteiger partial charge on any atom is 0.238 e. The van der Waals surface area contributed by atoms with Gasteiger partial charge in [-0.15, -0.1) is 0 Å². The fourth-order valence-corrected chi connectivity index (χ4v) is 3.81. The summed E-state index contributed by atoms with van der Waals surface area (Å²) in [6.07, 6.45) is 8.71. The predicted octanol–water partition coefficient (Wildman–Crippen LogP) is 2.17. The average molecular weight is 411 g/mol. The molecule has 8 heteroatoms. The van der Waals surface area contributed by atoms with Crippen LogP contribution in [0.1, 0.15) is 51.0 Å². The van der Waals surface area contributed by atoms with E-state index in [4.69, 9.17) is 9.88 Å². The van der Waals surface area contributed by atoms with Crippen molar-refractivity contribution in [3.8, 4) is 0 Å². The molecule has 1 fully saturated rings. The van der Waals surface area contributed by atoms with Crippen LogP contribution in [0.15, 0.2) is 34.2 Å². The highest BCUT2D eigenvalue weighted by molar-refractivity contribution is 7.89. The van der Waals surface area contributed by atoms with E-state index in [1.165, 1.54) is 50.7 Å². The van der Waals surface area contributed by atoms with Crippen LogP contribution in [0.3, 0.4) is 0 Å². The molecule has 0 atom stereocenters. The molecular formula is C20H34N4O3S. The molecule has 0 aromatic heterocycles. The van der Waals surface area contributed by atoms with Gasteiger partial charge in [-0.1, -0.05) is 37.8 Å². The number of sulfonamides is 1. The van der Waals surface area contributed by atoms with Crippen molar-refractivity contribution in [3.05, 3.63) is 29.8 Å². The van der Waals surface area contributed by atoms with Crippen LogP contribution in [0, 0.1) is 0 Å². The van der Waals surface area contributed by atoms with Gasteiger partial charge >= 0.3 is 0 Å². The molecule has 1 aliphatic carbocycles. The molecule has 0 unspecified atom stereocenters. The van der Waals surface area contributed by atoms with Crippen molar-refractivity contribution in [2.45, 2.75) is 62.9 Å². The highest BCUT2D eigenvalue weighted by Gasteiger charge is 2.12. The first-order valence-corrected chi connectivity index (χ1v) is 11.8. The van der Waals surface area contributed by atoms with E-state index in [0.29, 0.717) is 25.8 Å². The number of ether oxygens (including phenoxy) is 1. The molecule has 0 aliphatic heterocycles. The van der Waals surface area contributed by atoms with Gasteiger partial charge in [0.2, 0.25) is 10.0 Å². The van der Waals surface area contributed by atoms with Crippen LogP contribution in [0.5, 0.6) is 0 Å². The van der Waals surface area contributed by atoms with Crippen LogP contribution < -0.4 is 15.8 Å². The molecule has 0 saturated heterocycles. The van der Waals surface area contributed by atoms with Crippen molar-refractivity contribution in [2.75, 3.05) is 26.2 Å². The van der Waals surface area contributed by atoms with Gasteiger partial charge in [0.15, 0.2) is 5.96 Å². The van der Waals surface area contributed by atoms with Crippen LogP contribution in [-0.2, 0) is 21.2 Å². The number of rotatable bonds is 9. The summed E-state index contributed by atoms with van der Waals surface area (Å²) in [4.78, 5) is 4.70. The van der Waals surface area contributed by atoms with Gasteiger partial charge in [0.1, 0.15) is 0 Å². The minimum Gasteiger partial charge on any atom is -0.376 e. The molecule has 0 heterocycles. The standard InChI is InChI=1S/C20H34N4O3S/c1-2-22-20(24-15-16-27-18-7-5-3-4-6-8-18)23-14-13-17-9-11-19(12-10-17)28(21,25)26/h9-12,18H,2-8,13-16H2,1H3,(H2,21,25,26)(H2,22,23,24). The lowest BCUT2D eigenvalue weighted by Crippen LogP contribution is -2.38. The molecular weight excluding hydrogens is 376 g/mol. The van der Waals surface area contributed by atoms with Crippen LogP contribution in [0.2, 0.25) is 0 Å². The minimum atomic E-state index is -3.64. The third-order valence-corrected chi connectivity index (χ3v) is 5.75. The molecule has 1 aromatic carbocycles. The summed E-state index contributed by atoms with van der Waals surface area (Å²) in [6, 6.07) is 6.64. The van der Waals surface area contributed by atoms with Gasteiger partial charge in [0, 0.05) is 13.1 Å². The number of nitrogens with two attached hydrogens (primary N) is 1. The van der Waals surface area contributed by atoms with Crippen LogP contribution in [0.25, 0.3) is 0 Å². The molecule has 0 amide bonds. The van der Waals surface area contributed by atoms with Gasteiger partial charge < -0.3 is 15.4 Å². The highest BCUT2D eigenvalue weighted by Crippen LogP contribution is 2.19. The van der Waals surface area contributed by atoms with Crippen molar-refractivity contribution in [2.24, 2.45) is 10.1 Å². The topological polar surface area (TPSA) is 106 Å². The lowest BCUT2D eigenvalue weighted by Gasteiger charge is -2.15. The third-order valence-electron chi connectivity index (χ3n) is 4.82. The monoisotopic (exact) mass is 410 g/mol.